The van der Waals surface area contributed by atoms with Crippen molar-refractivity contribution in [3.63, 3.8) is 0 Å². The van der Waals surface area contributed by atoms with E-state index in [1.54, 1.807) is 0 Å². The summed E-state index contributed by atoms with van der Waals surface area (Å²) in [6, 6.07) is 0.365. The van der Waals surface area contributed by atoms with Crippen LogP contribution in [0.15, 0.2) is 11.6 Å². The summed E-state index contributed by atoms with van der Waals surface area (Å²) >= 11 is 0. The van der Waals surface area contributed by atoms with Gasteiger partial charge >= 0.3 is 0 Å². The number of amides is 1. The maximum absolute atomic E-state index is 11.9. The lowest BCUT2D eigenvalue weighted by Gasteiger charge is -2.32. The Morgan fingerprint density at radius 1 is 1.47 bits per heavy atom. The summed E-state index contributed by atoms with van der Waals surface area (Å²) in [7, 11) is 0. The molecule has 0 saturated heterocycles. The van der Waals surface area contributed by atoms with Gasteiger partial charge < -0.3 is 10.2 Å². The first-order valence-corrected chi connectivity index (χ1v) is 6.51. The third kappa shape index (κ3) is 4.50. The molecule has 17 heavy (non-hydrogen) atoms. The molecule has 0 bridgehead atoms. The van der Waals surface area contributed by atoms with Crippen molar-refractivity contribution in [3.8, 4) is 0 Å². The van der Waals surface area contributed by atoms with Crippen LogP contribution in [0, 0.1) is 5.41 Å². The number of nitrogens with one attached hydrogen (secondary N) is 1. The van der Waals surface area contributed by atoms with E-state index in [2.05, 4.69) is 46.0 Å². The number of hydrogen-bond donors (Lipinski definition) is 1. The first-order chi connectivity index (χ1) is 7.80. The fourth-order valence-electron chi connectivity index (χ4n) is 1.98. The van der Waals surface area contributed by atoms with Crippen molar-refractivity contribution in [2.75, 3.05) is 19.6 Å². The van der Waals surface area contributed by atoms with Crippen LogP contribution < -0.4 is 5.32 Å². The van der Waals surface area contributed by atoms with Crippen LogP contribution >= 0.6 is 0 Å². The van der Waals surface area contributed by atoms with Crippen molar-refractivity contribution in [2.45, 2.75) is 47.1 Å². The Labute approximate surface area is 105 Å². The minimum absolute atomic E-state index is 0.211. The second-order valence-electron chi connectivity index (χ2n) is 6.10. The van der Waals surface area contributed by atoms with Gasteiger partial charge in [0, 0.05) is 19.1 Å². The van der Waals surface area contributed by atoms with E-state index >= 15 is 0 Å². The highest BCUT2D eigenvalue weighted by atomic mass is 16.2. The van der Waals surface area contributed by atoms with Gasteiger partial charge in [0.1, 0.15) is 0 Å². The lowest BCUT2D eigenvalue weighted by Crippen LogP contribution is -2.42. The summed E-state index contributed by atoms with van der Waals surface area (Å²) in [6.45, 7) is 12.9. The van der Waals surface area contributed by atoms with E-state index in [0.717, 1.165) is 19.5 Å². The molecule has 1 aliphatic rings. The summed E-state index contributed by atoms with van der Waals surface area (Å²) in [5.74, 6) is 0.211. The number of nitrogens with zero attached hydrogens (tertiary/aromatic N) is 1. The van der Waals surface area contributed by atoms with Crippen LogP contribution in [0.1, 0.15) is 41.0 Å². The van der Waals surface area contributed by atoms with Gasteiger partial charge in [-0.25, -0.2) is 0 Å². The zero-order chi connectivity index (χ0) is 13.1. The summed E-state index contributed by atoms with van der Waals surface area (Å²) in [4.78, 5) is 13.8. The summed E-state index contributed by atoms with van der Waals surface area (Å²) in [5.41, 5.74) is 1.71. The van der Waals surface area contributed by atoms with E-state index in [4.69, 9.17) is 0 Å². The monoisotopic (exact) mass is 238 g/mol. The van der Waals surface area contributed by atoms with Crippen molar-refractivity contribution in [1.82, 2.24) is 10.2 Å². The first-order valence-electron chi connectivity index (χ1n) is 6.51. The van der Waals surface area contributed by atoms with E-state index in [0.29, 0.717) is 12.6 Å². The second-order valence-corrected chi connectivity index (χ2v) is 6.10. The van der Waals surface area contributed by atoms with Gasteiger partial charge in [-0.1, -0.05) is 46.3 Å². The van der Waals surface area contributed by atoms with Crippen LogP contribution in [0.3, 0.4) is 0 Å². The highest BCUT2D eigenvalue weighted by molar-refractivity contribution is 5.78. The molecule has 3 nitrogen and oxygen atoms in total. The molecule has 0 saturated carbocycles. The van der Waals surface area contributed by atoms with E-state index in [9.17, 15) is 4.79 Å². The van der Waals surface area contributed by atoms with Crippen LogP contribution in [0.5, 0.6) is 0 Å². The average molecular weight is 238 g/mol. The maximum Gasteiger partial charge on any atom is 0.236 e. The molecule has 0 aliphatic carbocycles. The Kier molecular flexibility index (Phi) is 4.75. The van der Waals surface area contributed by atoms with Crippen molar-refractivity contribution in [3.05, 3.63) is 11.6 Å². The predicted molar refractivity (Wildman–Crippen MR) is 71.9 cm³/mol. The second kappa shape index (κ2) is 5.67. The van der Waals surface area contributed by atoms with Crippen LogP contribution in [-0.4, -0.2) is 36.5 Å². The van der Waals surface area contributed by atoms with Crippen LogP contribution in [0.2, 0.25) is 0 Å². The molecule has 1 rings (SSSR count). The largest absolute Gasteiger partial charge is 0.338 e. The minimum Gasteiger partial charge on any atom is -0.338 e. The highest BCUT2D eigenvalue weighted by Gasteiger charge is 2.23. The molecule has 0 atom stereocenters. The zero-order valence-electron chi connectivity index (χ0n) is 11.8. The fourth-order valence-corrected chi connectivity index (χ4v) is 1.98. The molecule has 0 spiro atoms. The molecule has 98 valence electrons. The molecule has 0 aromatic rings. The summed E-state index contributed by atoms with van der Waals surface area (Å²) < 4.78 is 0. The molecule has 1 aliphatic heterocycles. The van der Waals surface area contributed by atoms with Crippen molar-refractivity contribution < 1.29 is 4.79 Å². The summed E-state index contributed by atoms with van der Waals surface area (Å²) in [6.07, 6.45) is 3.23. The van der Waals surface area contributed by atoms with Gasteiger partial charge in [0.25, 0.3) is 0 Å². The lowest BCUT2D eigenvalue weighted by molar-refractivity contribution is -0.130. The molecule has 0 fully saturated rings. The zero-order valence-corrected chi connectivity index (χ0v) is 11.8. The molecular weight excluding hydrogens is 212 g/mol. The minimum atomic E-state index is 0.211. The van der Waals surface area contributed by atoms with Gasteiger partial charge in [-0.15, -0.1) is 0 Å². The number of hydrogen-bond acceptors (Lipinski definition) is 2. The Hall–Kier alpha value is -0.830. The van der Waals surface area contributed by atoms with Crippen LogP contribution in [-0.2, 0) is 4.79 Å². The van der Waals surface area contributed by atoms with E-state index < -0.39 is 0 Å². The summed E-state index contributed by atoms with van der Waals surface area (Å²) in [5, 5.41) is 3.17. The Balaban J connectivity index is 2.46. The fraction of sp³-hybridized carbons (Fsp3) is 0.786. The van der Waals surface area contributed by atoms with Gasteiger partial charge in [-0.05, 0) is 11.8 Å². The van der Waals surface area contributed by atoms with E-state index in [-0.39, 0.29) is 11.3 Å². The highest BCUT2D eigenvalue weighted by Crippen LogP contribution is 2.29. The van der Waals surface area contributed by atoms with Crippen molar-refractivity contribution >= 4 is 5.91 Å². The van der Waals surface area contributed by atoms with Gasteiger partial charge in [0.2, 0.25) is 5.91 Å². The van der Waals surface area contributed by atoms with Gasteiger partial charge in [0.15, 0.2) is 0 Å². The molecule has 1 N–H and O–H groups in total. The molecule has 0 radical (unpaired) electrons. The van der Waals surface area contributed by atoms with E-state index in [1.165, 1.54) is 5.57 Å². The number of rotatable bonds is 3. The molecule has 1 amide bonds. The molecule has 1 heterocycles. The van der Waals surface area contributed by atoms with Crippen molar-refractivity contribution in [1.29, 1.82) is 0 Å². The van der Waals surface area contributed by atoms with E-state index in [1.807, 2.05) is 4.90 Å². The normalized spacial score (nSPS) is 17.3. The molecule has 0 aromatic carbocycles. The Bertz CT molecular complexity index is 300. The number of carbonyl (C=O) groups excluding carboxylic acids is 1. The maximum atomic E-state index is 11.9. The van der Waals surface area contributed by atoms with Gasteiger partial charge in [-0.2, -0.15) is 0 Å². The predicted octanol–water partition coefficient (Wildman–Crippen LogP) is 2.19. The van der Waals surface area contributed by atoms with Gasteiger partial charge in [0.05, 0.1) is 6.54 Å². The SMILES string of the molecule is CC(C)NCC(=O)N1CC=C(C(C)(C)C)CC1. The average Bonchev–Trinajstić information content (AvgIpc) is 2.25. The topological polar surface area (TPSA) is 32.3 Å². The Morgan fingerprint density at radius 3 is 2.53 bits per heavy atom. The third-order valence-electron chi connectivity index (χ3n) is 3.19. The molecular formula is C14H26N2O. The third-order valence-corrected chi connectivity index (χ3v) is 3.19. The Morgan fingerprint density at radius 2 is 2.12 bits per heavy atom. The lowest BCUT2D eigenvalue weighted by atomic mass is 9.83. The number of carbonyl (C=O) groups is 1. The molecule has 0 aromatic heterocycles. The van der Waals surface area contributed by atoms with Gasteiger partial charge in [-0.3, -0.25) is 4.79 Å². The first kappa shape index (κ1) is 14.2. The smallest absolute Gasteiger partial charge is 0.236 e. The van der Waals surface area contributed by atoms with Crippen molar-refractivity contribution in [2.24, 2.45) is 5.41 Å². The molecule has 3 heteroatoms. The van der Waals surface area contributed by atoms with Crippen LogP contribution in [0.4, 0.5) is 0 Å². The van der Waals surface area contributed by atoms with Crippen LogP contribution in [0.25, 0.3) is 0 Å². The molecule has 0 unspecified atom stereocenters. The standard InChI is InChI=1S/C14H26N2O/c1-11(2)15-10-13(17)16-8-6-12(7-9-16)14(3,4)5/h6,11,15H,7-10H2,1-5H3. The quantitative estimate of drug-likeness (QED) is 0.764.